The van der Waals surface area contributed by atoms with E-state index < -0.39 is 16.4 Å². The van der Waals surface area contributed by atoms with Gasteiger partial charge in [0, 0.05) is 25.0 Å². The Morgan fingerprint density at radius 1 is 1.11 bits per heavy atom. The van der Waals surface area contributed by atoms with Gasteiger partial charge in [-0.25, -0.2) is 13.4 Å². The number of halogens is 3. The van der Waals surface area contributed by atoms with Gasteiger partial charge in [-0.15, -0.1) is 24.9 Å². The smallest absolute Gasteiger partial charge is 0.406 e. The molecule has 0 spiro atoms. The molecule has 11 heteroatoms. The summed E-state index contributed by atoms with van der Waals surface area (Å²) < 4.78 is 71.9. The average Bonchev–Trinajstić information content (AvgIpc) is 2.67. The van der Waals surface area contributed by atoms with Gasteiger partial charge in [0.1, 0.15) is 10.6 Å². The summed E-state index contributed by atoms with van der Waals surface area (Å²) in [5.41, 5.74) is 0.784. The molecule has 0 unspecified atom stereocenters. The van der Waals surface area contributed by atoms with Crippen LogP contribution in [0.15, 0.2) is 52.5 Å². The van der Waals surface area contributed by atoms with Crippen LogP contribution in [0.25, 0.3) is 0 Å². The number of ether oxygens (including phenoxy) is 2. The van der Waals surface area contributed by atoms with Gasteiger partial charge in [-0.3, -0.25) is 0 Å². The van der Waals surface area contributed by atoms with Crippen molar-refractivity contribution in [3.63, 3.8) is 0 Å². The van der Waals surface area contributed by atoms with E-state index in [4.69, 9.17) is 4.74 Å². The Bertz CT molecular complexity index is 882. The van der Waals surface area contributed by atoms with E-state index in [-0.39, 0.29) is 10.6 Å². The molecule has 0 aliphatic carbocycles. The summed E-state index contributed by atoms with van der Waals surface area (Å²) in [5.74, 6) is 0.187. The van der Waals surface area contributed by atoms with E-state index in [0.717, 1.165) is 5.56 Å². The molecule has 0 N–H and O–H groups in total. The van der Waals surface area contributed by atoms with Crippen molar-refractivity contribution < 1.29 is 31.1 Å². The molecule has 0 saturated carbocycles. The lowest BCUT2D eigenvalue weighted by molar-refractivity contribution is -0.274. The number of aromatic nitrogens is 1. The number of rotatable bonds is 6. The normalized spacial score (nSPS) is 16.1. The van der Waals surface area contributed by atoms with Crippen LogP contribution in [-0.4, -0.2) is 50.4 Å². The van der Waals surface area contributed by atoms with Crippen molar-refractivity contribution >= 4 is 21.8 Å². The van der Waals surface area contributed by atoms with Crippen LogP contribution in [0, 0.1) is 0 Å². The SMILES string of the molecule is O=S(=O)(c1ccc(SCc2ccc(OC(F)(F)F)cc2)nc1)N1CCOCC1. The van der Waals surface area contributed by atoms with Crippen molar-refractivity contribution in [1.29, 1.82) is 0 Å². The summed E-state index contributed by atoms with van der Waals surface area (Å²) in [7, 11) is -3.59. The van der Waals surface area contributed by atoms with Crippen molar-refractivity contribution in [1.82, 2.24) is 9.29 Å². The van der Waals surface area contributed by atoms with Crippen LogP contribution in [0.3, 0.4) is 0 Å². The van der Waals surface area contributed by atoms with Gasteiger partial charge in [-0.2, -0.15) is 4.31 Å². The summed E-state index contributed by atoms with van der Waals surface area (Å²) >= 11 is 1.34. The molecule has 1 fully saturated rings. The predicted octanol–water partition coefficient (Wildman–Crippen LogP) is 3.29. The number of thioether (sulfide) groups is 1. The molecule has 0 atom stereocenters. The molecule has 0 amide bonds. The summed E-state index contributed by atoms with van der Waals surface area (Å²) in [6.45, 7) is 1.36. The maximum atomic E-state index is 12.5. The molecule has 1 aromatic heterocycles. The number of alkyl halides is 3. The minimum absolute atomic E-state index is 0.118. The molecule has 0 radical (unpaired) electrons. The third kappa shape index (κ3) is 5.60. The van der Waals surface area contributed by atoms with Crippen LogP contribution in [0.5, 0.6) is 5.75 Å². The lowest BCUT2D eigenvalue weighted by atomic mass is 10.2. The van der Waals surface area contributed by atoms with Crippen molar-refractivity contribution in [2.75, 3.05) is 26.3 Å². The summed E-state index contributed by atoms with van der Waals surface area (Å²) in [5, 5.41) is 0.608. The first-order valence-electron chi connectivity index (χ1n) is 8.25. The minimum atomic E-state index is -4.72. The average molecular weight is 434 g/mol. The summed E-state index contributed by atoms with van der Waals surface area (Å²) in [4.78, 5) is 4.29. The number of sulfonamides is 1. The van der Waals surface area contributed by atoms with Crippen LogP contribution in [0.4, 0.5) is 13.2 Å². The summed E-state index contributed by atoms with van der Waals surface area (Å²) in [6.07, 6.45) is -3.41. The highest BCUT2D eigenvalue weighted by Gasteiger charge is 2.31. The maximum absolute atomic E-state index is 12.5. The lowest BCUT2D eigenvalue weighted by Crippen LogP contribution is -2.40. The first kappa shape index (κ1) is 20.9. The molecule has 28 heavy (non-hydrogen) atoms. The molecule has 2 aromatic rings. The van der Waals surface area contributed by atoms with E-state index >= 15 is 0 Å². The monoisotopic (exact) mass is 434 g/mol. The van der Waals surface area contributed by atoms with E-state index in [1.165, 1.54) is 52.6 Å². The van der Waals surface area contributed by atoms with Crippen molar-refractivity contribution in [3.8, 4) is 5.75 Å². The van der Waals surface area contributed by atoms with Gasteiger partial charge in [0.15, 0.2) is 0 Å². The fourth-order valence-corrected chi connectivity index (χ4v) is 4.64. The van der Waals surface area contributed by atoms with Crippen molar-refractivity contribution in [2.45, 2.75) is 22.0 Å². The van der Waals surface area contributed by atoms with Gasteiger partial charge in [0.05, 0.1) is 18.2 Å². The van der Waals surface area contributed by atoms with Gasteiger partial charge >= 0.3 is 6.36 Å². The molecule has 0 bridgehead atoms. The first-order chi connectivity index (χ1) is 13.2. The zero-order valence-electron chi connectivity index (χ0n) is 14.6. The molecule has 6 nitrogen and oxygen atoms in total. The van der Waals surface area contributed by atoms with Gasteiger partial charge in [0.2, 0.25) is 10.0 Å². The molecule has 2 heterocycles. The van der Waals surface area contributed by atoms with Crippen LogP contribution < -0.4 is 4.74 Å². The number of morpholine rings is 1. The Labute approximate surface area is 164 Å². The largest absolute Gasteiger partial charge is 0.573 e. The second-order valence-corrected chi connectivity index (χ2v) is 8.76. The maximum Gasteiger partial charge on any atom is 0.573 e. The third-order valence-electron chi connectivity index (χ3n) is 3.86. The highest BCUT2D eigenvalue weighted by Crippen LogP contribution is 2.26. The number of benzene rings is 1. The van der Waals surface area contributed by atoms with Gasteiger partial charge < -0.3 is 9.47 Å². The van der Waals surface area contributed by atoms with E-state index in [9.17, 15) is 21.6 Å². The van der Waals surface area contributed by atoms with Crippen LogP contribution in [-0.2, 0) is 20.5 Å². The quantitative estimate of drug-likeness (QED) is 0.650. The standard InChI is InChI=1S/C17H17F3N2O4S2/c18-17(19,20)26-14-3-1-13(2-4-14)12-27-16-6-5-15(11-21-16)28(23,24)22-7-9-25-10-8-22/h1-6,11H,7-10,12H2. The Morgan fingerprint density at radius 3 is 2.36 bits per heavy atom. The Kier molecular flexibility index (Phi) is 6.48. The Hall–Kier alpha value is -1.82. The Morgan fingerprint density at radius 2 is 1.79 bits per heavy atom. The summed E-state index contributed by atoms with van der Waals surface area (Å²) in [6, 6.07) is 8.67. The third-order valence-corrected chi connectivity index (χ3v) is 6.76. The van der Waals surface area contributed by atoms with Crippen molar-refractivity contribution in [2.24, 2.45) is 0 Å². The predicted molar refractivity (Wildman–Crippen MR) is 96.5 cm³/mol. The van der Waals surface area contributed by atoms with E-state index in [1.807, 2.05) is 0 Å². The van der Waals surface area contributed by atoms with Gasteiger partial charge in [-0.05, 0) is 29.8 Å². The number of nitrogens with zero attached hydrogens (tertiary/aromatic N) is 2. The number of pyridine rings is 1. The lowest BCUT2D eigenvalue weighted by Gasteiger charge is -2.25. The topological polar surface area (TPSA) is 68.7 Å². The highest BCUT2D eigenvalue weighted by molar-refractivity contribution is 7.98. The molecule has 1 aliphatic heterocycles. The zero-order valence-corrected chi connectivity index (χ0v) is 16.2. The van der Waals surface area contributed by atoms with Crippen LogP contribution in [0.2, 0.25) is 0 Å². The number of hydrogen-bond acceptors (Lipinski definition) is 6. The molecule has 1 aromatic carbocycles. The fraction of sp³-hybridized carbons (Fsp3) is 0.353. The molecular formula is C17H17F3N2O4S2. The molecule has 1 saturated heterocycles. The number of hydrogen-bond donors (Lipinski definition) is 0. The second-order valence-electron chi connectivity index (χ2n) is 5.83. The first-order valence-corrected chi connectivity index (χ1v) is 10.7. The second kappa shape index (κ2) is 8.68. The zero-order chi connectivity index (χ0) is 20.2. The van der Waals surface area contributed by atoms with Gasteiger partial charge in [-0.1, -0.05) is 12.1 Å². The molecule has 1 aliphatic rings. The van der Waals surface area contributed by atoms with Crippen LogP contribution >= 0.6 is 11.8 Å². The Balaban J connectivity index is 1.58. The van der Waals surface area contributed by atoms with Gasteiger partial charge in [0.25, 0.3) is 0 Å². The van der Waals surface area contributed by atoms with E-state index in [1.54, 1.807) is 6.07 Å². The molecule has 3 rings (SSSR count). The molecule has 152 valence electrons. The van der Waals surface area contributed by atoms with E-state index in [0.29, 0.717) is 37.1 Å². The van der Waals surface area contributed by atoms with E-state index in [2.05, 4.69) is 9.72 Å². The van der Waals surface area contributed by atoms with Crippen LogP contribution in [0.1, 0.15) is 5.56 Å². The van der Waals surface area contributed by atoms with Crippen molar-refractivity contribution in [3.05, 3.63) is 48.2 Å². The molecular weight excluding hydrogens is 417 g/mol. The fourth-order valence-electron chi connectivity index (χ4n) is 2.49. The highest BCUT2D eigenvalue weighted by atomic mass is 32.2. The minimum Gasteiger partial charge on any atom is -0.406 e.